The molecule has 0 saturated carbocycles. The minimum absolute atomic E-state index is 0. The van der Waals surface area contributed by atoms with Crippen LogP contribution in [0.15, 0.2) is 30.5 Å². The van der Waals surface area contributed by atoms with Crippen molar-refractivity contribution in [1.29, 1.82) is 0 Å². The van der Waals surface area contributed by atoms with Crippen LogP contribution in [-0.2, 0) is 20.1 Å². The van der Waals surface area contributed by atoms with Crippen LogP contribution in [0.5, 0.6) is 0 Å². The third-order valence-corrected chi connectivity index (χ3v) is 3.49. The first-order valence-electron chi connectivity index (χ1n) is 5.84. The molecule has 0 atom stereocenters. The van der Waals surface area contributed by atoms with Crippen LogP contribution in [0.2, 0.25) is 0 Å². The van der Waals surface area contributed by atoms with Crippen molar-refractivity contribution in [2.45, 2.75) is 20.8 Å². The molecule has 0 bridgehead atoms. The van der Waals surface area contributed by atoms with Gasteiger partial charge in [-0.15, -0.1) is 35.0 Å². The molecule has 0 saturated heterocycles. The zero-order valence-corrected chi connectivity index (χ0v) is 13.1. The molecular formula is C16H14IrN-. The van der Waals surface area contributed by atoms with Gasteiger partial charge < -0.3 is 4.98 Å². The largest absolute Gasteiger partial charge is 0.304 e. The Bertz CT molecular complexity index is 732. The molecule has 0 unspecified atom stereocenters. The second-order valence-corrected chi connectivity index (χ2v) is 4.62. The van der Waals surface area contributed by atoms with Crippen LogP contribution in [0.1, 0.15) is 16.7 Å². The van der Waals surface area contributed by atoms with Gasteiger partial charge in [0.05, 0.1) is 0 Å². The van der Waals surface area contributed by atoms with Gasteiger partial charge in [-0.05, 0) is 37.2 Å². The van der Waals surface area contributed by atoms with Crippen LogP contribution in [-0.4, -0.2) is 4.98 Å². The summed E-state index contributed by atoms with van der Waals surface area (Å²) in [7, 11) is 0. The maximum absolute atomic E-state index is 4.58. The quantitative estimate of drug-likeness (QED) is 0.400. The molecule has 1 radical (unpaired) electrons. The summed E-state index contributed by atoms with van der Waals surface area (Å²) in [4.78, 5) is 4.58. The van der Waals surface area contributed by atoms with Crippen molar-refractivity contribution in [3.8, 4) is 0 Å². The van der Waals surface area contributed by atoms with Gasteiger partial charge >= 0.3 is 0 Å². The van der Waals surface area contributed by atoms with Crippen molar-refractivity contribution in [2.24, 2.45) is 0 Å². The van der Waals surface area contributed by atoms with Crippen molar-refractivity contribution in [2.75, 3.05) is 0 Å². The van der Waals surface area contributed by atoms with E-state index in [0.29, 0.717) is 0 Å². The molecule has 3 aromatic rings. The molecule has 1 heterocycles. The van der Waals surface area contributed by atoms with Crippen molar-refractivity contribution in [3.05, 3.63) is 53.2 Å². The molecule has 0 N–H and O–H groups in total. The number of nitrogens with zero attached hydrogens (tertiary/aromatic N) is 1. The summed E-state index contributed by atoms with van der Waals surface area (Å²) < 4.78 is 0. The number of hydrogen-bond donors (Lipinski definition) is 0. The summed E-state index contributed by atoms with van der Waals surface area (Å²) in [5, 5.41) is 3.64. The van der Waals surface area contributed by atoms with Crippen molar-refractivity contribution in [3.63, 3.8) is 0 Å². The molecular weight excluding hydrogens is 398 g/mol. The molecule has 0 fully saturated rings. The van der Waals surface area contributed by atoms with Gasteiger partial charge in [-0.3, -0.25) is 0 Å². The molecule has 0 aliphatic heterocycles. The van der Waals surface area contributed by atoms with E-state index in [1.807, 2.05) is 18.3 Å². The van der Waals surface area contributed by atoms with Crippen LogP contribution in [0, 0.1) is 26.8 Å². The number of aryl methyl sites for hydroxylation is 3. The third-order valence-electron chi connectivity index (χ3n) is 3.49. The zero-order chi connectivity index (χ0) is 12.0. The monoisotopic (exact) mass is 413 g/mol. The molecule has 0 amide bonds. The van der Waals surface area contributed by atoms with Gasteiger partial charge in [-0.1, -0.05) is 17.2 Å². The maximum atomic E-state index is 4.58. The number of benzene rings is 2. The smallest absolute Gasteiger partial charge is 0.0190 e. The average molecular weight is 413 g/mol. The predicted octanol–water partition coefficient (Wildman–Crippen LogP) is 4.11. The normalized spacial score (nSPS) is 10.6. The van der Waals surface area contributed by atoms with E-state index in [2.05, 4.69) is 44.0 Å². The Kier molecular flexibility index (Phi) is 3.52. The number of rotatable bonds is 0. The van der Waals surface area contributed by atoms with Gasteiger partial charge in [0.15, 0.2) is 0 Å². The number of pyridine rings is 1. The SMILES string of the molecule is Cc1cnc2c(c1)c(C)c(C)c1ccc[c-]c12.[Ir]. The molecule has 93 valence electrons. The number of aromatic nitrogens is 1. The molecule has 0 aliphatic rings. The fourth-order valence-electron chi connectivity index (χ4n) is 2.40. The van der Waals surface area contributed by atoms with Crippen LogP contribution < -0.4 is 0 Å². The Balaban J connectivity index is 0.00000120. The maximum Gasteiger partial charge on any atom is 0.0190 e. The summed E-state index contributed by atoms with van der Waals surface area (Å²) in [6.45, 7) is 6.43. The summed E-state index contributed by atoms with van der Waals surface area (Å²) in [5.41, 5.74) is 4.92. The Morgan fingerprint density at radius 3 is 2.56 bits per heavy atom. The van der Waals surface area contributed by atoms with E-state index >= 15 is 0 Å². The molecule has 0 aliphatic carbocycles. The topological polar surface area (TPSA) is 12.9 Å². The van der Waals surface area contributed by atoms with Gasteiger partial charge in [-0.25, -0.2) is 0 Å². The summed E-state index contributed by atoms with van der Waals surface area (Å²) in [6.07, 6.45) is 1.93. The van der Waals surface area contributed by atoms with Gasteiger partial charge in [0, 0.05) is 26.3 Å². The first-order valence-corrected chi connectivity index (χ1v) is 5.84. The fourth-order valence-corrected chi connectivity index (χ4v) is 2.40. The minimum Gasteiger partial charge on any atom is -0.304 e. The Hall–Kier alpha value is -1.24. The molecule has 1 nitrogen and oxygen atoms in total. The molecule has 18 heavy (non-hydrogen) atoms. The van der Waals surface area contributed by atoms with Crippen molar-refractivity contribution in [1.82, 2.24) is 4.98 Å². The van der Waals surface area contributed by atoms with Crippen LogP contribution in [0.4, 0.5) is 0 Å². The van der Waals surface area contributed by atoms with E-state index in [1.54, 1.807) is 0 Å². The Morgan fingerprint density at radius 2 is 1.78 bits per heavy atom. The van der Waals surface area contributed by atoms with Crippen LogP contribution >= 0.6 is 0 Å². The third kappa shape index (κ3) is 1.86. The Morgan fingerprint density at radius 1 is 1.06 bits per heavy atom. The number of fused-ring (bicyclic) bond motifs is 3. The summed E-state index contributed by atoms with van der Waals surface area (Å²) in [6, 6.07) is 11.7. The summed E-state index contributed by atoms with van der Waals surface area (Å²) in [5.74, 6) is 0. The van der Waals surface area contributed by atoms with E-state index in [9.17, 15) is 0 Å². The molecule has 0 spiro atoms. The van der Waals surface area contributed by atoms with Crippen molar-refractivity contribution >= 4 is 21.7 Å². The fraction of sp³-hybridized carbons (Fsp3) is 0.188. The van der Waals surface area contributed by atoms with Crippen LogP contribution in [0.3, 0.4) is 0 Å². The second-order valence-electron chi connectivity index (χ2n) is 4.62. The van der Waals surface area contributed by atoms with E-state index in [1.165, 1.54) is 27.5 Å². The van der Waals surface area contributed by atoms with Crippen molar-refractivity contribution < 1.29 is 20.1 Å². The second kappa shape index (κ2) is 4.79. The van der Waals surface area contributed by atoms with Gasteiger partial charge in [0.25, 0.3) is 0 Å². The first-order chi connectivity index (χ1) is 8.18. The van der Waals surface area contributed by atoms with E-state index in [4.69, 9.17) is 0 Å². The van der Waals surface area contributed by atoms with Gasteiger partial charge in [0.1, 0.15) is 0 Å². The van der Waals surface area contributed by atoms with E-state index in [0.717, 1.165) is 10.9 Å². The minimum atomic E-state index is 0. The first kappa shape index (κ1) is 13.2. The average Bonchev–Trinajstić information content (AvgIpc) is 2.36. The summed E-state index contributed by atoms with van der Waals surface area (Å²) >= 11 is 0. The van der Waals surface area contributed by atoms with Crippen LogP contribution in [0.25, 0.3) is 21.7 Å². The molecule has 1 aromatic heterocycles. The predicted molar refractivity (Wildman–Crippen MR) is 72.3 cm³/mol. The van der Waals surface area contributed by atoms with Gasteiger partial charge in [-0.2, -0.15) is 0 Å². The Labute approximate surface area is 121 Å². The molecule has 2 heteroatoms. The van der Waals surface area contributed by atoms with Gasteiger partial charge in [0.2, 0.25) is 0 Å². The molecule has 2 aromatic carbocycles. The van der Waals surface area contributed by atoms with E-state index in [-0.39, 0.29) is 20.1 Å². The standard InChI is InChI=1S/C16H14N.Ir/c1-10-8-15-12(3)11(2)13-6-4-5-7-14(13)16(15)17-9-10;/h4-6,8-9H,1-3H3;/q-1;. The number of hydrogen-bond acceptors (Lipinski definition) is 1. The van der Waals surface area contributed by atoms with E-state index < -0.39 is 0 Å². The molecule has 3 rings (SSSR count). The zero-order valence-electron chi connectivity index (χ0n) is 10.7.